The SMILES string of the molecule is Cc1ccc(C)c(NC(=O)CCNCCc2ccc(Cl)cc2Cl)c1. The van der Waals surface area contributed by atoms with E-state index in [0.29, 0.717) is 23.0 Å². The van der Waals surface area contributed by atoms with Gasteiger partial charge in [0, 0.05) is 28.7 Å². The summed E-state index contributed by atoms with van der Waals surface area (Å²) in [6.45, 7) is 5.39. The van der Waals surface area contributed by atoms with Crippen LogP contribution in [0.15, 0.2) is 36.4 Å². The highest BCUT2D eigenvalue weighted by Crippen LogP contribution is 2.21. The lowest BCUT2D eigenvalue weighted by molar-refractivity contribution is -0.116. The van der Waals surface area contributed by atoms with Crippen LogP contribution in [0.2, 0.25) is 10.0 Å². The van der Waals surface area contributed by atoms with E-state index >= 15 is 0 Å². The Balaban J connectivity index is 1.70. The van der Waals surface area contributed by atoms with Crippen LogP contribution < -0.4 is 10.6 Å². The van der Waals surface area contributed by atoms with Crippen molar-refractivity contribution < 1.29 is 4.79 Å². The van der Waals surface area contributed by atoms with Crippen molar-refractivity contribution >= 4 is 34.8 Å². The summed E-state index contributed by atoms with van der Waals surface area (Å²) in [5.41, 5.74) is 4.13. The van der Waals surface area contributed by atoms with Gasteiger partial charge in [-0.1, -0.05) is 41.4 Å². The lowest BCUT2D eigenvalue weighted by atomic mass is 10.1. The van der Waals surface area contributed by atoms with E-state index in [0.717, 1.165) is 35.3 Å². The highest BCUT2D eigenvalue weighted by Gasteiger charge is 2.05. The molecule has 0 aromatic heterocycles. The van der Waals surface area contributed by atoms with Crippen molar-refractivity contribution in [3.63, 3.8) is 0 Å². The van der Waals surface area contributed by atoms with Crippen LogP contribution >= 0.6 is 23.2 Å². The first-order valence-electron chi connectivity index (χ1n) is 7.97. The first-order valence-corrected chi connectivity index (χ1v) is 8.73. The maximum absolute atomic E-state index is 12.0. The highest BCUT2D eigenvalue weighted by atomic mass is 35.5. The van der Waals surface area contributed by atoms with Crippen LogP contribution in [0.5, 0.6) is 0 Å². The van der Waals surface area contributed by atoms with Gasteiger partial charge in [0.2, 0.25) is 5.91 Å². The van der Waals surface area contributed by atoms with Gasteiger partial charge in [0.1, 0.15) is 0 Å². The van der Waals surface area contributed by atoms with E-state index in [9.17, 15) is 4.79 Å². The quantitative estimate of drug-likeness (QED) is 0.694. The minimum Gasteiger partial charge on any atom is -0.326 e. The average molecular weight is 365 g/mol. The summed E-state index contributed by atoms with van der Waals surface area (Å²) >= 11 is 12.0. The number of nitrogens with one attached hydrogen (secondary N) is 2. The number of hydrogen-bond donors (Lipinski definition) is 2. The average Bonchev–Trinajstić information content (AvgIpc) is 2.52. The molecular formula is C19H22Cl2N2O. The van der Waals surface area contributed by atoms with Gasteiger partial charge in [-0.25, -0.2) is 0 Å². The van der Waals surface area contributed by atoms with Crippen molar-refractivity contribution in [2.75, 3.05) is 18.4 Å². The van der Waals surface area contributed by atoms with Crippen LogP contribution in [0.25, 0.3) is 0 Å². The summed E-state index contributed by atoms with van der Waals surface area (Å²) in [6, 6.07) is 11.5. The van der Waals surface area contributed by atoms with Crippen LogP contribution in [-0.2, 0) is 11.2 Å². The molecule has 128 valence electrons. The molecule has 2 aromatic carbocycles. The lowest BCUT2D eigenvalue weighted by Gasteiger charge is -2.10. The molecule has 5 heteroatoms. The Labute approximate surface area is 153 Å². The Bertz CT molecular complexity index is 717. The molecular weight excluding hydrogens is 343 g/mol. The fourth-order valence-corrected chi connectivity index (χ4v) is 2.86. The molecule has 0 bridgehead atoms. The molecule has 0 atom stereocenters. The second kappa shape index (κ2) is 9.07. The Hall–Kier alpha value is -1.55. The van der Waals surface area contributed by atoms with Gasteiger partial charge in [0.15, 0.2) is 0 Å². The largest absolute Gasteiger partial charge is 0.326 e. The lowest BCUT2D eigenvalue weighted by Crippen LogP contribution is -2.23. The number of aryl methyl sites for hydroxylation is 2. The summed E-state index contributed by atoms with van der Waals surface area (Å²) < 4.78 is 0. The molecule has 2 N–H and O–H groups in total. The third-order valence-corrected chi connectivity index (χ3v) is 4.37. The van der Waals surface area contributed by atoms with Gasteiger partial charge < -0.3 is 10.6 Å². The number of halogens is 2. The summed E-state index contributed by atoms with van der Waals surface area (Å²) in [5, 5.41) is 7.54. The smallest absolute Gasteiger partial charge is 0.225 e. The topological polar surface area (TPSA) is 41.1 Å². The first-order chi connectivity index (χ1) is 11.5. The second-order valence-electron chi connectivity index (χ2n) is 5.85. The van der Waals surface area contributed by atoms with Crippen LogP contribution in [0.3, 0.4) is 0 Å². The van der Waals surface area contributed by atoms with Crippen molar-refractivity contribution in [1.29, 1.82) is 0 Å². The van der Waals surface area contributed by atoms with Crippen molar-refractivity contribution in [2.24, 2.45) is 0 Å². The highest BCUT2D eigenvalue weighted by molar-refractivity contribution is 6.35. The predicted molar refractivity (Wildman–Crippen MR) is 102 cm³/mol. The third-order valence-electron chi connectivity index (χ3n) is 3.78. The maximum Gasteiger partial charge on any atom is 0.225 e. The van der Waals surface area contributed by atoms with Gasteiger partial charge in [-0.3, -0.25) is 4.79 Å². The van der Waals surface area contributed by atoms with E-state index in [-0.39, 0.29) is 5.91 Å². The molecule has 0 fully saturated rings. The van der Waals surface area contributed by atoms with Crippen molar-refractivity contribution in [3.8, 4) is 0 Å². The molecule has 2 rings (SSSR count). The Morgan fingerprint density at radius 3 is 2.58 bits per heavy atom. The maximum atomic E-state index is 12.0. The van der Waals surface area contributed by atoms with Crippen LogP contribution in [0.4, 0.5) is 5.69 Å². The zero-order valence-corrected chi connectivity index (χ0v) is 15.5. The molecule has 0 unspecified atom stereocenters. The number of hydrogen-bond acceptors (Lipinski definition) is 2. The molecule has 0 saturated carbocycles. The van der Waals surface area contributed by atoms with E-state index in [2.05, 4.69) is 10.6 Å². The molecule has 1 amide bonds. The molecule has 0 aliphatic carbocycles. The molecule has 24 heavy (non-hydrogen) atoms. The van der Waals surface area contributed by atoms with Gasteiger partial charge in [-0.05, 0) is 61.7 Å². The number of carbonyl (C=O) groups is 1. The van der Waals surface area contributed by atoms with Gasteiger partial charge in [-0.2, -0.15) is 0 Å². The van der Waals surface area contributed by atoms with E-state index in [4.69, 9.17) is 23.2 Å². The third kappa shape index (κ3) is 5.82. The molecule has 2 aromatic rings. The number of rotatable bonds is 7. The minimum absolute atomic E-state index is 0.0146. The second-order valence-corrected chi connectivity index (χ2v) is 6.70. The number of benzene rings is 2. The molecule has 0 aliphatic rings. The molecule has 0 radical (unpaired) electrons. The fraction of sp³-hybridized carbons (Fsp3) is 0.316. The minimum atomic E-state index is 0.0146. The van der Waals surface area contributed by atoms with Gasteiger partial charge >= 0.3 is 0 Å². The van der Waals surface area contributed by atoms with Gasteiger partial charge in [0.05, 0.1) is 0 Å². The van der Waals surface area contributed by atoms with Crippen LogP contribution in [0, 0.1) is 13.8 Å². The normalized spacial score (nSPS) is 10.7. The van der Waals surface area contributed by atoms with Gasteiger partial charge in [0.25, 0.3) is 0 Å². The summed E-state index contributed by atoms with van der Waals surface area (Å²) in [4.78, 5) is 12.0. The van der Waals surface area contributed by atoms with Crippen molar-refractivity contribution in [2.45, 2.75) is 26.7 Å². The Kier molecular flexibility index (Phi) is 7.10. The van der Waals surface area contributed by atoms with E-state index in [1.54, 1.807) is 6.07 Å². The predicted octanol–water partition coefficient (Wildman–Crippen LogP) is 4.77. The molecule has 0 aliphatic heterocycles. The molecule has 0 saturated heterocycles. The van der Waals surface area contributed by atoms with Gasteiger partial charge in [-0.15, -0.1) is 0 Å². The number of carbonyl (C=O) groups excluding carboxylic acids is 1. The Morgan fingerprint density at radius 1 is 1.04 bits per heavy atom. The Morgan fingerprint density at radius 2 is 1.83 bits per heavy atom. The monoisotopic (exact) mass is 364 g/mol. The summed E-state index contributed by atoms with van der Waals surface area (Å²) in [5.74, 6) is 0.0146. The standard InChI is InChI=1S/C19H22Cl2N2O/c1-13-3-4-14(2)18(11-13)23-19(24)8-10-22-9-7-15-5-6-16(20)12-17(15)21/h3-6,11-12,22H,7-10H2,1-2H3,(H,23,24). The van der Waals surface area contributed by atoms with Crippen LogP contribution in [-0.4, -0.2) is 19.0 Å². The zero-order chi connectivity index (χ0) is 17.5. The molecule has 3 nitrogen and oxygen atoms in total. The number of anilines is 1. The number of amides is 1. The van der Waals surface area contributed by atoms with E-state index < -0.39 is 0 Å². The molecule has 0 heterocycles. The van der Waals surface area contributed by atoms with Crippen molar-refractivity contribution in [3.05, 3.63) is 63.1 Å². The van der Waals surface area contributed by atoms with Crippen LogP contribution in [0.1, 0.15) is 23.1 Å². The van der Waals surface area contributed by atoms with E-state index in [1.165, 1.54) is 0 Å². The first kappa shape index (κ1) is 18.8. The summed E-state index contributed by atoms with van der Waals surface area (Å²) in [6.07, 6.45) is 1.23. The fourth-order valence-electron chi connectivity index (χ4n) is 2.36. The molecule has 0 spiro atoms. The summed E-state index contributed by atoms with van der Waals surface area (Å²) in [7, 11) is 0. The van der Waals surface area contributed by atoms with Crippen molar-refractivity contribution in [1.82, 2.24) is 5.32 Å². The van der Waals surface area contributed by atoms with E-state index in [1.807, 2.05) is 44.2 Å². The zero-order valence-electron chi connectivity index (χ0n) is 14.0.